The van der Waals surface area contributed by atoms with Crippen LogP contribution in [0.25, 0.3) is 32.3 Å². The molecule has 21 heavy (non-hydrogen) atoms. The Hall–Kier alpha value is -2.34. The van der Waals surface area contributed by atoms with Crippen LogP contribution in [0.5, 0.6) is 0 Å². The molecule has 0 aromatic heterocycles. The standard InChI is InChI=1S/C21H18/c1-14(2)16-9-7-15-8-10-19-11-17-5-3-4-6-18(17)13-21(19)20(15)12-16/h3-14H,1-2H3. The lowest BCUT2D eigenvalue weighted by Gasteiger charge is -2.10. The first-order chi connectivity index (χ1) is 10.2. The molecule has 0 spiro atoms. The van der Waals surface area contributed by atoms with Crippen molar-refractivity contribution in [3.05, 3.63) is 72.3 Å². The Morgan fingerprint density at radius 3 is 1.95 bits per heavy atom. The highest BCUT2D eigenvalue weighted by molar-refractivity contribution is 6.12. The van der Waals surface area contributed by atoms with Crippen LogP contribution < -0.4 is 0 Å². The van der Waals surface area contributed by atoms with Gasteiger partial charge in [0.2, 0.25) is 0 Å². The van der Waals surface area contributed by atoms with Gasteiger partial charge >= 0.3 is 0 Å². The smallest absolute Gasteiger partial charge is 0.00989 e. The second-order valence-electron chi connectivity index (χ2n) is 6.12. The zero-order valence-corrected chi connectivity index (χ0v) is 12.4. The fourth-order valence-corrected chi connectivity index (χ4v) is 3.12. The van der Waals surface area contributed by atoms with Crippen molar-refractivity contribution in [2.24, 2.45) is 0 Å². The van der Waals surface area contributed by atoms with Crippen LogP contribution >= 0.6 is 0 Å². The van der Waals surface area contributed by atoms with E-state index < -0.39 is 0 Å². The molecule has 0 amide bonds. The summed E-state index contributed by atoms with van der Waals surface area (Å²) in [5, 5.41) is 7.99. The molecule has 4 rings (SSSR count). The van der Waals surface area contributed by atoms with E-state index in [0.717, 1.165) is 0 Å². The Labute approximate surface area is 125 Å². The number of rotatable bonds is 1. The van der Waals surface area contributed by atoms with Gasteiger partial charge in [-0.15, -0.1) is 0 Å². The second kappa shape index (κ2) is 4.60. The highest BCUT2D eigenvalue weighted by atomic mass is 14.1. The van der Waals surface area contributed by atoms with Gasteiger partial charge in [-0.2, -0.15) is 0 Å². The second-order valence-corrected chi connectivity index (χ2v) is 6.12. The summed E-state index contributed by atoms with van der Waals surface area (Å²) in [5.41, 5.74) is 1.41. The van der Waals surface area contributed by atoms with Gasteiger partial charge in [0, 0.05) is 0 Å². The molecular formula is C21H18. The summed E-state index contributed by atoms with van der Waals surface area (Å²) >= 11 is 0. The van der Waals surface area contributed by atoms with E-state index in [0.29, 0.717) is 5.92 Å². The van der Waals surface area contributed by atoms with Gasteiger partial charge in [-0.1, -0.05) is 68.4 Å². The van der Waals surface area contributed by atoms with E-state index in [-0.39, 0.29) is 0 Å². The van der Waals surface area contributed by atoms with E-state index in [9.17, 15) is 0 Å². The summed E-state index contributed by atoms with van der Waals surface area (Å²) in [4.78, 5) is 0. The van der Waals surface area contributed by atoms with Crippen molar-refractivity contribution in [2.75, 3.05) is 0 Å². The highest BCUT2D eigenvalue weighted by Crippen LogP contribution is 2.31. The van der Waals surface area contributed by atoms with Crippen molar-refractivity contribution in [3.63, 3.8) is 0 Å². The van der Waals surface area contributed by atoms with E-state index >= 15 is 0 Å². The Morgan fingerprint density at radius 2 is 1.19 bits per heavy atom. The Balaban J connectivity index is 2.15. The molecule has 0 heterocycles. The minimum absolute atomic E-state index is 0.560. The summed E-state index contributed by atoms with van der Waals surface area (Å²) in [6.07, 6.45) is 0. The van der Waals surface area contributed by atoms with Crippen LogP contribution in [0.4, 0.5) is 0 Å². The minimum atomic E-state index is 0.560. The highest BCUT2D eigenvalue weighted by Gasteiger charge is 2.05. The molecule has 0 N–H and O–H groups in total. The average molecular weight is 270 g/mol. The van der Waals surface area contributed by atoms with Crippen molar-refractivity contribution in [2.45, 2.75) is 19.8 Å². The SMILES string of the molecule is CC(C)c1ccc2ccc3cc4ccccc4cc3c2c1. The maximum atomic E-state index is 2.36. The Morgan fingerprint density at radius 1 is 0.571 bits per heavy atom. The molecule has 0 aliphatic carbocycles. The monoisotopic (exact) mass is 270 g/mol. The maximum Gasteiger partial charge on any atom is -0.00989 e. The first-order valence-corrected chi connectivity index (χ1v) is 7.57. The number of fused-ring (bicyclic) bond motifs is 4. The summed E-state index contributed by atoms with van der Waals surface area (Å²) in [6, 6.07) is 24.5. The van der Waals surface area contributed by atoms with Crippen molar-refractivity contribution in [1.82, 2.24) is 0 Å². The van der Waals surface area contributed by atoms with Gasteiger partial charge in [0.1, 0.15) is 0 Å². The van der Waals surface area contributed by atoms with Crippen LogP contribution in [0.2, 0.25) is 0 Å². The molecular weight excluding hydrogens is 252 g/mol. The van der Waals surface area contributed by atoms with Gasteiger partial charge in [0.15, 0.2) is 0 Å². The third-order valence-electron chi connectivity index (χ3n) is 4.39. The largest absolute Gasteiger partial charge is 0.0616 e. The molecule has 102 valence electrons. The van der Waals surface area contributed by atoms with E-state index in [1.54, 1.807) is 0 Å². The first-order valence-electron chi connectivity index (χ1n) is 7.57. The lowest BCUT2D eigenvalue weighted by molar-refractivity contribution is 0.869. The van der Waals surface area contributed by atoms with E-state index in [1.807, 2.05) is 0 Å². The molecule has 0 saturated heterocycles. The van der Waals surface area contributed by atoms with Gasteiger partial charge in [0.25, 0.3) is 0 Å². The Bertz CT molecular complexity index is 961. The topological polar surface area (TPSA) is 0 Å². The molecule has 4 aromatic carbocycles. The fourth-order valence-electron chi connectivity index (χ4n) is 3.12. The van der Waals surface area contributed by atoms with Gasteiger partial charge < -0.3 is 0 Å². The van der Waals surface area contributed by atoms with Crippen molar-refractivity contribution in [3.8, 4) is 0 Å². The van der Waals surface area contributed by atoms with Crippen molar-refractivity contribution < 1.29 is 0 Å². The predicted octanol–water partition coefficient (Wildman–Crippen LogP) is 6.27. The van der Waals surface area contributed by atoms with Crippen molar-refractivity contribution >= 4 is 32.3 Å². The molecule has 0 aliphatic heterocycles. The molecule has 0 radical (unpaired) electrons. The Kier molecular flexibility index (Phi) is 2.71. The molecule has 4 aromatic rings. The van der Waals surface area contributed by atoms with Gasteiger partial charge in [-0.05, 0) is 55.9 Å². The maximum absolute atomic E-state index is 2.36. The number of hydrogen-bond donors (Lipinski definition) is 0. The van der Waals surface area contributed by atoms with E-state index in [2.05, 4.69) is 80.6 Å². The lowest BCUT2D eigenvalue weighted by Crippen LogP contribution is -1.87. The molecule has 0 saturated carbocycles. The summed E-state index contributed by atoms with van der Waals surface area (Å²) in [6.45, 7) is 4.50. The molecule has 0 fully saturated rings. The molecule has 0 bridgehead atoms. The first kappa shape index (κ1) is 12.4. The van der Waals surface area contributed by atoms with Crippen LogP contribution in [0, 0.1) is 0 Å². The molecule has 0 nitrogen and oxygen atoms in total. The quantitative estimate of drug-likeness (QED) is 0.282. The number of hydrogen-bond acceptors (Lipinski definition) is 0. The summed E-state index contributed by atoms with van der Waals surface area (Å²) < 4.78 is 0. The van der Waals surface area contributed by atoms with E-state index in [4.69, 9.17) is 0 Å². The summed E-state index contributed by atoms with van der Waals surface area (Å²) in [5.74, 6) is 0.560. The van der Waals surface area contributed by atoms with Crippen molar-refractivity contribution in [1.29, 1.82) is 0 Å². The molecule has 0 unspecified atom stereocenters. The van der Waals surface area contributed by atoms with Gasteiger partial charge in [-0.25, -0.2) is 0 Å². The average Bonchev–Trinajstić information content (AvgIpc) is 2.52. The zero-order chi connectivity index (χ0) is 14.4. The van der Waals surface area contributed by atoms with Gasteiger partial charge in [0.05, 0.1) is 0 Å². The molecule has 0 aliphatic rings. The normalized spacial score (nSPS) is 11.8. The van der Waals surface area contributed by atoms with Crippen LogP contribution in [-0.2, 0) is 0 Å². The lowest BCUT2D eigenvalue weighted by atomic mass is 9.94. The zero-order valence-electron chi connectivity index (χ0n) is 12.4. The molecule has 0 atom stereocenters. The van der Waals surface area contributed by atoms with Crippen LogP contribution in [0.3, 0.4) is 0 Å². The predicted molar refractivity (Wildman–Crippen MR) is 93.0 cm³/mol. The molecule has 0 heteroatoms. The van der Waals surface area contributed by atoms with Gasteiger partial charge in [-0.3, -0.25) is 0 Å². The third-order valence-corrected chi connectivity index (χ3v) is 4.39. The fraction of sp³-hybridized carbons (Fsp3) is 0.143. The van der Waals surface area contributed by atoms with Crippen LogP contribution in [0.15, 0.2) is 66.7 Å². The van der Waals surface area contributed by atoms with Crippen LogP contribution in [-0.4, -0.2) is 0 Å². The van der Waals surface area contributed by atoms with Crippen LogP contribution in [0.1, 0.15) is 25.3 Å². The number of benzene rings is 4. The summed E-state index contributed by atoms with van der Waals surface area (Å²) in [7, 11) is 0. The minimum Gasteiger partial charge on any atom is -0.0616 e. The third kappa shape index (κ3) is 1.99. The van der Waals surface area contributed by atoms with E-state index in [1.165, 1.54) is 37.9 Å².